The second-order valence-corrected chi connectivity index (χ2v) is 3.24. The molecule has 0 unspecified atom stereocenters. The quantitative estimate of drug-likeness (QED) is 0.748. The van der Waals surface area contributed by atoms with E-state index in [1.165, 1.54) is 0 Å². The van der Waals surface area contributed by atoms with Crippen molar-refractivity contribution >= 4 is 0 Å². The Kier molecular flexibility index (Phi) is 3.05. The van der Waals surface area contributed by atoms with Gasteiger partial charge in [-0.25, -0.2) is 0 Å². The molecule has 0 aliphatic heterocycles. The van der Waals surface area contributed by atoms with E-state index in [0.717, 1.165) is 12.2 Å². The summed E-state index contributed by atoms with van der Waals surface area (Å²) in [5, 5.41) is 17.6. The number of aliphatic hydroxyl groups excluding tert-OH is 1. The third kappa shape index (κ3) is 2.07. The minimum absolute atomic E-state index is 0.336. The van der Waals surface area contributed by atoms with E-state index in [9.17, 15) is 0 Å². The summed E-state index contributed by atoms with van der Waals surface area (Å²) in [6.07, 6.45) is 0. The lowest BCUT2D eigenvalue weighted by Crippen LogP contribution is -1.94. The van der Waals surface area contributed by atoms with Crippen LogP contribution >= 0.6 is 0 Å². The Bertz CT molecular complexity index is 336. The number of aliphatic hydroxyl groups is 1. The van der Waals surface area contributed by atoms with Crippen LogP contribution in [0.15, 0.2) is 18.2 Å². The van der Waals surface area contributed by atoms with Crippen LogP contribution in [0.3, 0.4) is 0 Å². The summed E-state index contributed by atoms with van der Waals surface area (Å²) in [5.74, 6) is 0.336. The first kappa shape index (κ1) is 9.76. The zero-order chi connectivity index (χ0) is 9.84. The van der Waals surface area contributed by atoms with Crippen LogP contribution in [0.5, 0.6) is 0 Å². The topological polar surface area (TPSA) is 44.0 Å². The maximum atomic E-state index is 8.84. The number of hydrogen-bond donors (Lipinski definition) is 1. The van der Waals surface area contributed by atoms with Crippen molar-refractivity contribution in [1.82, 2.24) is 0 Å². The summed E-state index contributed by atoms with van der Waals surface area (Å²) in [4.78, 5) is 0. The minimum Gasteiger partial charge on any atom is -0.385 e. The smallest absolute Gasteiger partial charge is 0.109 e. The molecular formula is C11H12NO. The first-order valence-electron chi connectivity index (χ1n) is 4.20. The summed E-state index contributed by atoms with van der Waals surface area (Å²) in [6.45, 7) is 5.09. The fourth-order valence-electron chi connectivity index (χ4n) is 1.25. The van der Waals surface area contributed by atoms with Gasteiger partial charge in [-0.2, -0.15) is 5.26 Å². The average molecular weight is 174 g/mol. The van der Waals surface area contributed by atoms with Gasteiger partial charge in [0.05, 0.1) is 11.6 Å². The van der Waals surface area contributed by atoms with Crippen LogP contribution in [0.4, 0.5) is 0 Å². The number of rotatable bonds is 2. The van der Waals surface area contributed by atoms with Crippen molar-refractivity contribution in [2.24, 2.45) is 0 Å². The van der Waals surface area contributed by atoms with Gasteiger partial charge >= 0.3 is 0 Å². The van der Waals surface area contributed by atoms with Crippen LogP contribution in [0.25, 0.3) is 0 Å². The van der Waals surface area contributed by atoms with Gasteiger partial charge in [0, 0.05) is 0 Å². The predicted octanol–water partition coefficient (Wildman–Crippen LogP) is 2.56. The van der Waals surface area contributed by atoms with Gasteiger partial charge in [0.15, 0.2) is 0 Å². The Labute approximate surface area is 78.4 Å². The second kappa shape index (κ2) is 4.06. The Morgan fingerprint density at radius 2 is 2.15 bits per heavy atom. The molecular weight excluding hydrogens is 162 g/mol. The summed E-state index contributed by atoms with van der Waals surface area (Å²) in [7, 11) is 0. The van der Waals surface area contributed by atoms with E-state index in [1.54, 1.807) is 12.1 Å². The molecule has 0 saturated heterocycles. The molecule has 0 heterocycles. The van der Waals surface area contributed by atoms with Gasteiger partial charge < -0.3 is 5.11 Å². The third-order valence-electron chi connectivity index (χ3n) is 1.97. The molecule has 0 saturated carbocycles. The van der Waals surface area contributed by atoms with E-state index in [-0.39, 0.29) is 0 Å². The molecule has 0 fully saturated rings. The van der Waals surface area contributed by atoms with Crippen LogP contribution in [0, 0.1) is 17.9 Å². The van der Waals surface area contributed by atoms with E-state index >= 15 is 0 Å². The zero-order valence-electron chi connectivity index (χ0n) is 7.78. The average Bonchev–Trinajstić information content (AvgIpc) is 2.16. The van der Waals surface area contributed by atoms with Crippen LogP contribution in [0.2, 0.25) is 0 Å². The highest BCUT2D eigenvalue weighted by Gasteiger charge is 2.06. The van der Waals surface area contributed by atoms with E-state index in [0.29, 0.717) is 17.0 Å². The number of nitrogens with zero attached hydrogens (tertiary/aromatic N) is 1. The maximum Gasteiger partial charge on any atom is 0.109 e. The first-order chi connectivity index (χ1) is 6.19. The molecule has 0 atom stereocenters. The molecule has 67 valence electrons. The summed E-state index contributed by atoms with van der Waals surface area (Å²) < 4.78 is 0. The van der Waals surface area contributed by atoms with Crippen molar-refractivity contribution in [3.8, 4) is 6.07 Å². The van der Waals surface area contributed by atoms with Crippen LogP contribution < -0.4 is 0 Å². The maximum absolute atomic E-state index is 8.84. The van der Waals surface area contributed by atoms with Crippen molar-refractivity contribution < 1.29 is 5.11 Å². The third-order valence-corrected chi connectivity index (χ3v) is 1.97. The fraction of sp³-hybridized carbons (Fsp3) is 0.273. The highest BCUT2D eigenvalue weighted by Crippen LogP contribution is 2.20. The van der Waals surface area contributed by atoms with Gasteiger partial charge in [0.25, 0.3) is 0 Å². The fourth-order valence-corrected chi connectivity index (χ4v) is 1.25. The van der Waals surface area contributed by atoms with Gasteiger partial charge in [-0.3, -0.25) is 0 Å². The van der Waals surface area contributed by atoms with Crippen molar-refractivity contribution in [1.29, 1.82) is 5.26 Å². The summed E-state index contributed by atoms with van der Waals surface area (Å²) in [6, 6.07) is 7.49. The van der Waals surface area contributed by atoms with E-state index in [1.807, 2.05) is 19.9 Å². The summed E-state index contributed by atoms with van der Waals surface area (Å²) in [5.41, 5.74) is 2.33. The van der Waals surface area contributed by atoms with Gasteiger partial charge in [0.1, 0.15) is 6.61 Å². The zero-order valence-corrected chi connectivity index (χ0v) is 7.78. The number of hydrogen-bond acceptors (Lipinski definition) is 2. The molecule has 0 amide bonds. The van der Waals surface area contributed by atoms with E-state index in [4.69, 9.17) is 10.4 Å². The van der Waals surface area contributed by atoms with Crippen molar-refractivity contribution in [2.75, 3.05) is 0 Å². The molecule has 0 spiro atoms. The lowest BCUT2D eigenvalue weighted by atomic mass is 9.96. The molecule has 0 aromatic heterocycles. The summed E-state index contributed by atoms with van der Waals surface area (Å²) >= 11 is 0. The molecule has 2 nitrogen and oxygen atoms in total. The molecule has 13 heavy (non-hydrogen) atoms. The standard InChI is InChI=1S/C11H12NO/c1-8(2)11-4-3-9(7-13)5-10(11)6-12/h3-5,7-8,13H,1-2H3. The monoisotopic (exact) mass is 174 g/mol. The van der Waals surface area contributed by atoms with Gasteiger partial charge in [-0.05, 0) is 23.1 Å². The highest BCUT2D eigenvalue weighted by molar-refractivity contribution is 5.43. The highest BCUT2D eigenvalue weighted by atomic mass is 16.3. The molecule has 1 aromatic carbocycles. The lowest BCUT2D eigenvalue weighted by Gasteiger charge is -2.08. The van der Waals surface area contributed by atoms with Crippen LogP contribution in [0.1, 0.15) is 36.5 Å². The van der Waals surface area contributed by atoms with Gasteiger partial charge in [-0.15, -0.1) is 0 Å². The number of benzene rings is 1. The van der Waals surface area contributed by atoms with E-state index in [2.05, 4.69) is 6.07 Å². The van der Waals surface area contributed by atoms with Gasteiger partial charge in [-0.1, -0.05) is 26.0 Å². The first-order valence-corrected chi connectivity index (χ1v) is 4.20. The van der Waals surface area contributed by atoms with Crippen molar-refractivity contribution in [3.63, 3.8) is 0 Å². The molecule has 1 radical (unpaired) electrons. The van der Waals surface area contributed by atoms with E-state index < -0.39 is 0 Å². The number of nitriles is 1. The Morgan fingerprint density at radius 1 is 1.46 bits per heavy atom. The van der Waals surface area contributed by atoms with Gasteiger partial charge in [0.2, 0.25) is 0 Å². The second-order valence-electron chi connectivity index (χ2n) is 3.24. The predicted molar refractivity (Wildman–Crippen MR) is 50.6 cm³/mol. The molecule has 1 N–H and O–H groups in total. The molecule has 0 aliphatic carbocycles. The Balaban J connectivity index is 3.18. The molecule has 0 aliphatic rings. The molecule has 2 heteroatoms. The molecule has 1 rings (SSSR count). The largest absolute Gasteiger partial charge is 0.385 e. The molecule has 0 bridgehead atoms. The van der Waals surface area contributed by atoms with Crippen LogP contribution in [-0.2, 0) is 0 Å². The minimum atomic E-state index is 0.336. The Hall–Kier alpha value is -1.33. The lowest BCUT2D eigenvalue weighted by molar-refractivity contribution is 0.415. The normalized spacial score (nSPS) is 10.1. The van der Waals surface area contributed by atoms with Crippen LogP contribution in [-0.4, -0.2) is 5.11 Å². The van der Waals surface area contributed by atoms with Crippen molar-refractivity contribution in [3.05, 3.63) is 41.5 Å². The molecule has 1 aromatic rings. The Morgan fingerprint density at radius 3 is 2.62 bits per heavy atom. The van der Waals surface area contributed by atoms with Crippen molar-refractivity contribution in [2.45, 2.75) is 19.8 Å². The SMILES string of the molecule is CC(C)c1ccc([CH]O)cc1C#N.